The van der Waals surface area contributed by atoms with Crippen molar-refractivity contribution in [1.82, 2.24) is 24.5 Å². The zero-order valence-electron chi connectivity index (χ0n) is 14.5. The molecule has 3 aromatic rings. The number of carbonyl (C=O) groups excluding carboxylic acids is 1. The minimum atomic E-state index is -4.67. The summed E-state index contributed by atoms with van der Waals surface area (Å²) in [5, 5.41) is 6.21. The SMILES string of the molecule is Cc1ccn2cc(CNC(=O)c3cnn(C(C)C)c3C(F)(F)F)nc2c1. The van der Waals surface area contributed by atoms with E-state index in [2.05, 4.69) is 15.4 Å². The van der Waals surface area contributed by atoms with Crippen LogP contribution in [0, 0.1) is 6.92 Å². The van der Waals surface area contributed by atoms with Gasteiger partial charge in [0.2, 0.25) is 0 Å². The second kappa shape index (κ2) is 6.47. The van der Waals surface area contributed by atoms with Crippen LogP contribution >= 0.6 is 0 Å². The van der Waals surface area contributed by atoms with E-state index >= 15 is 0 Å². The first-order valence-electron chi connectivity index (χ1n) is 8.04. The molecule has 0 aliphatic rings. The van der Waals surface area contributed by atoms with E-state index in [1.807, 2.05) is 25.3 Å². The molecule has 3 heterocycles. The molecule has 1 amide bonds. The summed E-state index contributed by atoms with van der Waals surface area (Å²) in [7, 11) is 0. The number of nitrogens with one attached hydrogen (secondary N) is 1. The fraction of sp³-hybridized carbons (Fsp3) is 0.353. The molecular weight excluding hydrogens is 347 g/mol. The summed E-state index contributed by atoms with van der Waals surface area (Å²) in [5.74, 6) is -0.836. The van der Waals surface area contributed by atoms with Crippen molar-refractivity contribution < 1.29 is 18.0 Å². The van der Waals surface area contributed by atoms with E-state index in [0.29, 0.717) is 11.3 Å². The molecule has 0 radical (unpaired) electrons. The number of aromatic nitrogens is 4. The summed E-state index contributed by atoms with van der Waals surface area (Å²) in [4.78, 5) is 16.6. The van der Waals surface area contributed by atoms with Gasteiger partial charge in [-0.1, -0.05) is 0 Å². The number of carbonyl (C=O) groups is 1. The number of nitrogens with zero attached hydrogens (tertiary/aromatic N) is 4. The number of pyridine rings is 1. The number of amides is 1. The maximum absolute atomic E-state index is 13.3. The van der Waals surface area contributed by atoms with E-state index in [9.17, 15) is 18.0 Å². The normalized spacial score (nSPS) is 12.1. The number of alkyl halides is 3. The van der Waals surface area contributed by atoms with Crippen molar-refractivity contribution in [2.24, 2.45) is 0 Å². The van der Waals surface area contributed by atoms with Crippen LogP contribution in [0.5, 0.6) is 0 Å². The lowest BCUT2D eigenvalue weighted by molar-refractivity contribution is -0.145. The predicted molar refractivity (Wildman–Crippen MR) is 88.7 cm³/mol. The molecule has 9 heteroatoms. The fourth-order valence-electron chi connectivity index (χ4n) is 2.69. The van der Waals surface area contributed by atoms with E-state index in [1.54, 1.807) is 24.4 Å². The maximum atomic E-state index is 13.3. The largest absolute Gasteiger partial charge is 0.433 e. The lowest BCUT2D eigenvalue weighted by atomic mass is 10.2. The first kappa shape index (κ1) is 18.0. The molecule has 0 aliphatic heterocycles. The van der Waals surface area contributed by atoms with Gasteiger partial charge in [0.15, 0.2) is 5.69 Å². The fourth-order valence-corrected chi connectivity index (χ4v) is 2.69. The van der Waals surface area contributed by atoms with Gasteiger partial charge in [0.25, 0.3) is 5.91 Å². The molecule has 0 unspecified atom stereocenters. The van der Waals surface area contributed by atoms with Gasteiger partial charge in [-0.25, -0.2) is 4.98 Å². The topological polar surface area (TPSA) is 64.2 Å². The van der Waals surface area contributed by atoms with Crippen LogP contribution in [0.1, 0.15) is 47.2 Å². The van der Waals surface area contributed by atoms with Gasteiger partial charge >= 0.3 is 6.18 Å². The highest BCUT2D eigenvalue weighted by atomic mass is 19.4. The minimum absolute atomic E-state index is 0.0176. The smallest absolute Gasteiger partial charge is 0.346 e. The summed E-state index contributed by atoms with van der Waals surface area (Å²) in [6.45, 7) is 5.09. The van der Waals surface area contributed by atoms with Crippen LogP contribution in [-0.2, 0) is 12.7 Å². The molecule has 1 N–H and O–H groups in total. The molecular formula is C17H18F3N5O. The van der Waals surface area contributed by atoms with Gasteiger partial charge in [-0.2, -0.15) is 18.3 Å². The number of fused-ring (bicyclic) bond motifs is 1. The Balaban J connectivity index is 1.81. The molecule has 0 atom stereocenters. The summed E-state index contributed by atoms with van der Waals surface area (Å²) in [6, 6.07) is 3.27. The molecule has 3 aromatic heterocycles. The van der Waals surface area contributed by atoms with Crippen molar-refractivity contribution >= 4 is 11.6 Å². The minimum Gasteiger partial charge on any atom is -0.346 e. The monoisotopic (exact) mass is 365 g/mol. The van der Waals surface area contributed by atoms with Gasteiger partial charge in [0.05, 0.1) is 24.0 Å². The highest BCUT2D eigenvalue weighted by Gasteiger charge is 2.40. The first-order chi connectivity index (χ1) is 12.2. The average Bonchev–Trinajstić information content (AvgIpc) is 3.15. The van der Waals surface area contributed by atoms with Crippen LogP contribution in [0.4, 0.5) is 13.2 Å². The Bertz CT molecular complexity index is 955. The molecule has 0 aromatic carbocycles. The van der Waals surface area contributed by atoms with Crippen LogP contribution in [0.25, 0.3) is 5.65 Å². The number of halogens is 3. The molecule has 3 rings (SSSR count). The van der Waals surface area contributed by atoms with Gasteiger partial charge < -0.3 is 9.72 Å². The third-order valence-electron chi connectivity index (χ3n) is 3.89. The van der Waals surface area contributed by atoms with Crippen LogP contribution < -0.4 is 5.32 Å². The van der Waals surface area contributed by atoms with Crippen LogP contribution in [0.2, 0.25) is 0 Å². The van der Waals surface area contributed by atoms with Gasteiger partial charge in [-0.05, 0) is 38.5 Å². The van der Waals surface area contributed by atoms with Crippen molar-refractivity contribution in [3.63, 3.8) is 0 Å². The van der Waals surface area contributed by atoms with Crippen LogP contribution in [0.15, 0.2) is 30.7 Å². The van der Waals surface area contributed by atoms with E-state index < -0.39 is 29.4 Å². The molecule has 0 saturated heterocycles. The lowest BCUT2D eigenvalue weighted by Gasteiger charge is -2.14. The van der Waals surface area contributed by atoms with Crippen molar-refractivity contribution in [3.05, 3.63) is 53.2 Å². The standard InChI is InChI=1S/C17H18F3N5O/c1-10(2)25-15(17(18,19)20)13(8-22-25)16(26)21-7-12-9-24-5-4-11(3)6-14(24)23-12/h4-6,8-10H,7H2,1-3H3,(H,21,26). The Hall–Kier alpha value is -2.84. The zero-order chi connectivity index (χ0) is 19.1. The van der Waals surface area contributed by atoms with Crippen molar-refractivity contribution in [1.29, 1.82) is 0 Å². The number of hydrogen-bond donors (Lipinski definition) is 1. The van der Waals surface area contributed by atoms with Gasteiger partial charge in [0, 0.05) is 18.4 Å². The Morgan fingerprint density at radius 2 is 2.08 bits per heavy atom. The predicted octanol–water partition coefficient (Wildman–Crippen LogP) is 3.37. The molecule has 26 heavy (non-hydrogen) atoms. The molecule has 138 valence electrons. The third kappa shape index (κ3) is 3.42. The third-order valence-corrected chi connectivity index (χ3v) is 3.89. The number of imidazole rings is 1. The zero-order valence-corrected chi connectivity index (χ0v) is 14.5. The van der Waals surface area contributed by atoms with E-state index in [4.69, 9.17) is 0 Å². The summed E-state index contributed by atoms with van der Waals surface area (Å²) in [5.41, 5.74) is 0.752. The van der Waals surface area contributed by atoms with Crippen molar-refractivity contribution in [2.45, 2.75) is 39.5 Å². The summed E-state index contributed by atoms with van der Waals surface area (Å²) in [6.07, 6.45) is -0.173. The number of rotatable bonds is 4. The van der Waals surface area contributed by atoms with E-state index in [-0.39, 0.29) is 6.54 Å². The Labute approximate surface area is 147 Å². The first-order valence-corrected chi connectivity index (χ1v) is 8.04. The van der Waals surface area contributed by atoms with Gasteiger partial charge in [-0.3, -0.25) is 9.48 Å². The average molecular weight is 365 g/mol. The second-order valence-corrected chi connectivity index (χ2v) is 6.33. The lowest BCUT2D eigenvalue weighted by Crippen LogP contribution is -2.27. The Morgan fingerprint density at radius 3 is 2.73 bits per heavy atom. The molecule has 0 spiro atoms. The van der Waals surface area contributed by atoms with Gasteiger partial charge in [0.1, 0.15) is 5.65 Å². The molecule has 0 bridgehead atoms. The highest BCUT2D eigenvalue weighted by molar-refractivity contribution is 5.95. The quantitative estimate of drug-likeness (QED) is 0.771. The molecule has 6 nitrogen and oxygen atoms in total. The van der Waals surface area contributed by atoms with Crippen LogP contribution in [0.3, 0.4) is 0 Å². The Kier molecular flexibility index (Phi) is 4.47. The van der Waals surface area contributed by atoms with E-state index in [0.717, 1.165) is 16.4 Å². The van der Waals surface area contributed by atoms with Crippen LogP contribution in [-0.4, -0.2) is 25.1 Å². The van der Waals surface area contributed by atoms with Crippen molar-refractivity contribution in [2.75, 3.05) is 0 Å². The number of aryl methyl sites for hydroxylation is 1. The molecule has 0 saturated carbocycles. The summed E-state index contributed by atoms with van der Waals surface area (Å²) < 4.78 is 42.6. The summed E-state index contributed by atoms with van der Waals surface area (Å²) >= 11 is 0. The molecule has 0 fully saturated rings. The van der Waals surface area contributed by atoms with Gasteiger partial charge in [-0.15, -0.1) is 0 Å². The maximum Gasteiger partial charge on any atom is 0.433 e. The van der Waals surface area contributed by atoms with Crippen molar-refractivity contribution in [3.8, 4) is 0 Å². The number of hydrogen-bond acceptors (Lipinski definition) is 3. The Morgan fingerprint density at radius 1 is 1.35 bits per heavy atom. The van der Waals surface area contributed by atoms with E-state index in [1.165, 1.54) is 0 Å². The molecule has 0 aliphatic carbocycles. The highest BCUT2D eigenvalue weighted by Crippen LogP contribution is 2.33. The second-order valence-electron chi connectivity index (χ2n) is 6.33.